The number of para-hydroxylation sites is 2. The number of amides is 2. The first-order valence-electron chi connectivity index (χ1n) is 8.88. The number of nitrogens with one attached hydrogen (secondary N) is 4. The average Bonchev–Trinajstić information content (AvgIpc) is 2.71. The number of hydrogen-bond donors (Lipinski definition) is 4. The van der Waals surface area contributed by atoms with E-state index in [0.717, 1.165) is 0 Å². The second-order valence-electron chi connectivity index (χ2n) is 6.44. The maximum Gasteiger partial charge on any atom is 0.261 e. The maximum absolute atomic E-state index is 13.7. The Morgan fingerprint density at radius 1 is 1.03 bits per heavy atom. The third-order valence-corrected chi connectivity index (χ3v) is 4.21. The molecule has 0 bridgehead atoms. The predicted octanol–water partition coefficient (Wildman–Crippen LogP) is 2.61. The van der Waals surface area contributed by atoms with Crippen LogP contribution in [-0.2, 0) is 4.79 Å². The van der Waals surface area contributed by atoms with E-state index in [2.05, 4.69) is 21.5 Å². The van der Waals surface area contributed by atoms with Crippen molar-refractivity contribution >= 4 is 34.8 Å². The van der Waals surface area contributed by atoms with Crippen molar-refractivity contribution < 1.29 is 18.7 Å². The number of anilines is 1. The Hall–Kier alpha value is -3.20. The van der Waals surface area contributed by atoms with E-state index >= 15 is 0 Å². The van der Waals surface area contributed by atoms with Crippen molar-refractivity contribution in [3.8, 4) is 5.75 Å². The standard InChI is InChI=1S/C20H23FN4O3S/c1-12(2)17(23-18(26)13-8-4-7-11-16(13)28-3)19(27)24-25-20(29)22-15-10-6-5-9-14(15)21/h4-12,17H,1-3H3,(H,23,26)(H,24,27)(H2,22,25,29)/t17-/m0/s1. The first kappa shape index (κ1) is 22.1. The fraction of sp³-hybridized carbons (Fsp3) is 0.250. The number of methoxy groups -OCH3 is 1. The molecule has 0 radical (unpaired) electrons. The Balaban J connectivity index is 1.97. The summed E-state index contributed by atoms with van der Waals surface area (Å²) in [6.45, 7) is 3.59. The van der Waals surface area contributed by atoms with Crippen LogP contribution in [0, 0.1) is 11.7 Å². The minimum absolute atomic E-state index is 0.00186. The highest BCUT2D eigenvalue weighted by atomic mass is 32.1. The normalized spacial score (nSPS) is 11.3. The van der Waals surface area contributed by atoms with Crippen LogP contribution in [0.1, 0.15) is 24.2 Å². The van der Waals surface area contributed by atoms with Crippen molar-refractivity contribution in [2.75, 3.05) is 12.4 Å². The minimum Gasteiger partial charge on any atom is -0.496 e. The lowest BCUT2D eigenvalue weighted by atomic mass is 10.0. The van der Waals surface area contributed by atoms with Gasteiger partial charge in [0.1, 0.15) is 17.6 Å². The summed E-state index contributed by atoms with van der Waals surface area (Å²) in [5.41, 5.74) is 5.42. The lowest BCUT2D eigenvalue weighted by molar-refractivity contribution is -0.124. The molecule has 4 N–H and O–H groups in total. The van der Waals surface area contributed by atoms with Crippen molar-refractivity contribution in [3.05, 3.63) is 59.9 Å². The Kier molecular flexibility index (Phi) is 7.90. The van der Waals surface area contributed by atoms with Gasteiger partial charge in [0, 0.05) is 0 Å². The van der Waals surface area contributed by atoms with Gasteiger partial charge in [-0.3, -0.25) is 20.4 Å². The quantitative estimate of drug-likeness (QED) is 0.426. The number of carbonyl (C=O) groups is 2. The number of rotatable bonds is 6. The fourth-order valence-corrected chi connectivity index (χ4v) is 2.66. The molecule has 0 saturated carbocycles. The largest absolute Gasteiger partial charge is 0.496 e. The van der Waals surface area contributed by atoms with E-state index in [-0.39, 0.29) is 16.7 Å². The molecule has 2 aromatic carbocycles. The van der Waals surface area contributed by atoms with Gasteiger partial charge in [-0.25, -0.2) is 4.39 Å². The molecule has 154 valence electrons. The van der Waals surface area contributed by atoms with Gasteiger partial charge in [-0.1, -0.05) is 38.1 Å². The number of hydrogen-bond acceptors (Lipinski definition) is 4. The molecular weight excluding hydrogens is 395 g/mol. The summed E-state index contributed by atoms with van der Waals surface area (Å²) < 4.78 is 18.8. The van der Waals surface area contributed by atoms with Crippen molar-refractivity contribution in [2.24, 2.45) is 5.92 Å². The SMILES string of the molecule is COc1ccccc1C(=O)N[C@H](C(=O)NNC(=S)Nc1ccccc1F)C(C)C. The summed E-state index contributed by atoms with van der Waals surface area (Å²) in [6.07, 6.45) is 0. The highest BCUT2D eigenvalue weighted by Gasteiger charge is 2.26. The minimum atomic E-state index is -0.837. The summed E-state index contributed by atoms with van der Waals surface area (Å²) in [4.78, 5) is 25.1. The van der Waals surface area contributed by atoms with Crippen LogP contribution in [0.5, 0.6) is 5.75 Å². The molecule has 0 fully saturated rings. The molecule has 0 aliphatic rings. The molecule has 0 heterocycles. The molecule has 29 heavy (non-hydrogen) atoms. The number of ether oxygens (including phenoxy) is 1. The summed E-state index contributed by atoms with van der Waals surface area (Å²) in [6, 6.07) is 11.9. The van der Waals surface area contributed by atoms with E-state index in [1.165, 1.54) is 19.2 Å². The second kappa shape index (κ2) is 10.4. The molecule has 0 aromatic heterocycles. The molecule has 0 aliphatic carbocycles. The number of carbonyl (C=O) groups excluding carboxylic acids is 2. The molecular formula is C20H23FN4O3S. The van der Waals surface area contributed by atoms with Gasteiger partial charge in [-0.2, -0.15) is 0 Å². The Morgan fingerprint density at radius 2 is 1.69 bits per heavy atom. The van der Waals surface area contributed by atoms with E-state index < -0.39 is 23.7 Å². The summed E-state index contributed by atoms with van der Waals surface area (Å²) >= 11 is 5.06. The van der Waals surface area contributed by atoms with Gasteiger partial charge in [-0.05, 0) is 42.4 Å². The van der Waals surface area contributed by atoms with Crippen molar-refractivity contribution in [1.29, 1.82) is 0 Å². The topological polar surface area (TPSA) is 91.5 Å². The molecule has 0 saturated heterocycles. The third kappa shape index (κ3) is 6.15. The Morgan fingerprint density at radius 3 is 2.34 bits per heavy atom. The van der Waals surface area contributed by atoms with Crippen LogP contribution >= 0.6 is 12.2 Å². The first-order valence-corrected chi connectivity index (χ1v) is 9.29. The molecule has 9 heteroatoms. The van der Waals surface area contributed by atoms with Crippen LogP contribution < -0.4 is 26.2 Å². The van der Waals surface area contributed by atoms with Crippen molar-refractivity contribution in [2.45, 2.75) is 19.9 Å². The molecule has 2 rings (SSSR count). The predicted molar refractivity (Wildman–Crippen MR) is 113 cm³/mol. The van der Waals surface area contributed by atoms with E-state index in [0.29, 0.717) is 11.3 Å². The number of thiocarbonyl (C=S) groups is 1. The monoisotopic (exact) mass is 418 g/mol. The Bertz CT molecular complexity index is 892. The van der Waals surface area contributed by atoms with Crippen LogP contribution in [0.4, 0.5) is 10.1 Å². The first-order chi connectivity index (χ1) is 13.8. The van der Waals surface area contributed by atoms with Gasteiger partial charge in [0.25, 0.3) is 11.8 Å². The molecule has 7 nitrogen and oxygen atoms in total. The zero-order valence-corrected chi connectivity index (χ0v) is 17.1. The smallest absolute Gasteiger partial charge is 0.261 e. The summed E-state index contributed by atoms with van der Waals surface area (Å²) in [5, 5.41) is 5.34. The van der Waals surface area contributed by atoms with Crippen LogP contribution in [0.2, 0.25) is 0 Å². The van der Waals surface area contributed by atoms with Crippen molar-refractivity contribution in [3.63, 3.8) is 0 Å². The van der Waals surface area contributed by atoms with Crippen LogP contribution in [0.3, 0.4) is 0 Å². The Labute approximate surface area is 174 Å². The highest BCUT2D eigenvalue weighted by molar-refractivity contribution is 7.80. The average molecular weight is 418 g/mol. The summed E-state index contributed by atoms with van der Waals surface area (Å²) in [7, 11) is 1.46. The van der Waals surface area contributed by atoms with E-state index in [1.54, 1.807) is 50.2 Å². The molecule has 1 atom stereocenters. The van der Waals surface area contributed by atoms with Gasteiger partial charge in [0.2, 0.25) is 0 Å². The van der Waals surface area contributed by atoms with Crippen LogP contribution in [-0.4, -0.2) is 30.1 Å². The maximum atomic E-state index is 13.7. The lowest BCUT2D eigenvalue weighted by Gasteiger charge is -2.23. The molecule has 2 aromatic rings. The molecule has 0 unspecified atom stereocenters. The van der Waals surface area contributed by atoms with Gasteiger partial charge >= 0.3 is 0 Å². The van der Waals surface area contributed by atoms with Gasteiger partial charge in [0.05, 0.1) is 18.4 Å². The van der Waals surface area contributed by atoms with Gasteiger partial charge in [-0.15, -0.1) is 0 Å². The van der Waals surface area contributed by atoms with E-state index in [4.69, 9.17) is 17.0 Å². The number of hydrazine groups is 1. The van der Waals surface area contributed by atoms with Gasteiger partial charge < -0.3 is 15.4 Å². The van der Waals surface area contributed by atoms with Crippen molar-refractivity contribution in [1.82, 2.24) is 16.2 Å². The van der Waals surface area contributed by atoms with Crippen LogP contribution in [0.15, 0.2) is 48.5 Å². The summed E-state index contributed by atoms with van der Waals surface area (Å²) in [5.74, 6) is -1.22. The number of halogens is 1. The third-order valence-electron chi connectivity index (χ3n) is 4.01. The molecule has 0 spiro atoms. The zero-order chi connectivity index (χ0) is 21.4. The molecule has 2 amide bonds. The zero-order valence-electron chi connectivity index (χ0n) is 16.3. The van der Waals surface area contributed by atoms with E-state index in [1.807, 2.05) is 0 Å². The molecule has 0 aliphatic heterocycles. The van der Waals surface area contributed by atoms with E-state index in [9.17, 15) is 14.0 Å². The van der Waals surface area contributed by atoms with Crippen LogP contribution in [0.25, 0.3) is 0 Å². The highest BCUT2D eigenvalue weighted by Crippen LogP contribution is 2.17. The lowest BCUT2D eigenvalue weighted by Crippen LogP contribution is -2.55. The second-order valence-corrected chi connectivity index (χ2v) is 6.85. The number of benzene rings is 2. The fourth-order valence-electron chi connectivity index (χ4n) is 2.50. The van der Waals surface area contributed by atoms with Gasteiger partial charge in [0.15, 0.2) is 5.11 Å².